The molecule has 0 N–H and O–H groups in total. The Bertz CT molecular complexity index is 654. The van der Waals surface area contributed by atoms with Gasteiger partial charge in [-0.05, 0) is 13.0 Å². The van der Waals surface area contributed by atoms with Gasteiger partial charge in [-0.15, -0.1) is 11.6 Å². The summed E-state index contributed by atoms with van der Waals surface area (Å²) in [4.78, 5) is 4.21. The van der Waals surface area contributed by atoms with Crippen LogP contribution in [0.3, 0.4) is 0 Å². The van der Waals surface area contributed by atoms with Gasteiger partial charge in [0.05, 0.1) is 43.4 Å². The minimum Gasteiger partial charge on any atom is -0.376 e. The lowest BCUT2D eigenvalue weighted by Crippen LogP contribution is -2.32. The highest BCUT2D eigenvalue weighted by atomic mass is 35.5. The van der Waals surface area contributed by atoms with Gasteiger partial charge in [-0.25, -0.2) is 13.8 Å². The van der Waals surface area contributed by atoms with Crippen LogP contribution in [-0.4, -0.2) is 35.5 Å². The second-order valence-electron chi connectivity index (χ2n) is 5.02. The molecule has 7 heteroatoms. The second kappa shape index (κ2) is 5.87. The number of alkyl halides is 1. The first-order chi connectivity index (χ1) is 10.1. The van der Waals surface area contributed by atoms with Gasteiger partial charge in [-0.2, -0.15) is 0 Å². The molecule has 1 aromatic heterocycles. The van der Waals surface area contributed by atoms with E-state index >= 15 is 0 Å². The van der Waals surface area contributed by atoms with E-state index in [1.165, 1.54) is 6.07 Å². The Labute approximate surface area is 125 Å². The summed E-state index contributed by atoms with van der Waals surface area (Å²) < 4.78 is 40.0. The van der Waals surface area contributed by atoms with Gasteiger partial charge in [0.15, 0.2) is 5.82 Å². The van der Waals surface area contributed by atoms with Crippen molar-refractivity contribution in [1.29, 1.82) is 0 Å². The number of hydrogen-bond donors (Lipinski definition) is 0. The Balaban J connectivity index is 2.06. The van der Waals surface area contributed by atoms with E-state index in [-0.39, 0.29) is 11.6 Å². The second-order valence-corrected chi connectivity index (χ2v) is 5.67. The smallest absolute Gasteiger partial charge is 0.153 e. The fourth-order valence-corrected chi connectivity index (χ4v) is 2.67. The number of benzene rings is 1. The molecule has 2 heterocycles. The van der Waals surface area contributed by atoms with Gasteiger partial charge in [-0.3, -0.25) is 0 Å². The molecule has 3 rings (SSSR count). The maximum Gasteiger partial charge on any atom is 0.153 e. The molecule has 1 aliphatic heterocycles. The molecule has 2 unspecified atom stereocenters. The minimum atomic E-state index is -0.692. The average molecular weight is 317 g/mol. The molecular weight excluding hydrogens is 302 g/mol. The molecule has 0 aliphatic carbocycles. The monoisotopic (exact) mass is 316 g/mol. The lowest BCUT2D eigenvalue weighted by Gasteiger charge is -2.24. The summed E-state index contributed by atoms with van der Waals surface area (Å²) in [5.41, 5.74) is 0.500. The maximum atomic E-state index is 13.9. The molecule has 1 saturated heterocycles. The summed E-state index contributed by atoms with van der Waals surface area (Å²) in [7, 11) is 0. The van der Waals surface area contributed by atoms with Crippen molar-refractivity contribution in [2.24, 2.45) is 0 Å². The van der Waals surface area contributed by atoms with Crippen LogP contribution in [0.5, 0.6) is 0 Å². The highest BCUT2D eigenvalue weighted by Crippen LogP contribution is 2.27. The normalized spacial score (nSPS) is 20.9. The third kappa shape index (κ3) is 2.88. The molecule has 4 nitrogen and oxygen atoms in total. The third-order valence-corrected chi connectivity index (χ3v) is 3.62. The first-order valence-electron chi connectivity index (χ1n) is 6.75. The quantitative estimate of drug-likeness (QED) is 0.817. The lowest BCUT2D eigenvalue weighted by atomic mass is 10.2. The van der Waals surface area contributed by atoms with Crippen molar-refractivity contribution in [2.75, 3.05) is 19.8 Å². The van der Waals surface area contributed by atoms with E-state index < -0.39 is 17.0 Å². The summed E-state index contributed by atoms with van der Waals surface area (Å²) in [6, 6.07) is 2.08. The van der Waals surface area contributed by atoms with Crippen molar-refractivity contribution in [3.63, 3.8) is 0 Å². The van der Waals surface area contributed by atoms with Crippen LogP contribution < -0.4 is 0 Å². The lowest BCUT2D eigenvalue weighted by molar-refractivity contribution is -0.0934. The standard InChI is InChI=1S/C14H15ClF2N2O2/c1-8(15)14-18-13-11(17)4-9(16)5-12(13)19(14)6-10-7-20-2-3-21-10/h4-5,8,10H,2-3,6-7H2,1H3. The predicted molar refractivity (Wildman–Crippen MR) is 74.5 cm³/mol. The molecule has 1 aliphatic rings. The number of nitrogens with zero attached hydrogens (tertiary/aromatic N) is 2. The van der Waals surface area contributed by atoms with Crippen LogP contribution in [0, 0.1) is 11.6 Å². The summed E-state index contributed by atoms with van der Waals surface area (Å²) in [6.07, 6.45) is -0.184. The zero-order chi connectivity index (χ0) is 15.0. The Morgan fingerprint density at radius 3 is 2.90 bits per heavy atom. The van der Waals surface area contributed by atoms with Gasteiger partial charge >= 0.3 is 0 Å². The predicted octanol–water partition coefficient (Wildman–Crippen LogP) is 3.03. The highest BCUT2D eigenvalue weighted by Gasteiger charge is 2.22. The van der Waals surface area contributed by atoms with Crippen molar-refractivity contribution >= 4 is 22.6 Å². The van der Waals surface area contributed by atoms with Crippen molar-refractivity contribution in [2.45, 2.75) is 24.9 Å². The van der Waals surface area contributed by atoms with Crippen molar-refractivity contribution in [3.05, 3.63) is 29.6 Å². The topological polar surface area (TPSA) is 36.3 Å². The number of imidazole rings is 1. The number of halogens is 3. The van der Waals surface area contributed by atoms with E-state index in [1.54, 1.807) is 11.5 Å². The van der Waals surface area contributed by atoms with Crippen molar-refractivity contribution < 1.29 is 18.3 Å². The van der Waals surface area contributed by atoms with Crippen molar-refractivity contribution in [3.8, 4) is 0 Å². The van der Waals surface area contributed by atoms with E-state index in [4.69, 9.17) is 21.1 Å². The van der Waals surface area contributed by atoms with Gasteiger partial charge in [0.25, 0.3) is 0 Å². The summed E-state index contributed by atoms with van der Waals surface area (Å²) in [5, 5.41) is -0.427. The maximum absolute atomic E-state index is 13.9. The van der Waals surface area contributed by atoms with Crippen molar-refractivity contribution in [1.82, 2.24) is 9.55 Å². The molecule has 1 aromatic carbocycles. The third-order valence-electron chi connectivity index (χ3n) is 3.43. The Hall–Kier alpha value is -1.24. The Morgan fingerprint density at radius 1 is 1.43 bits per heavy atom. The van der Waals surface area contributed by atoms with Crippen LogP contribution in [-0.2, 0) is 16.0 Å². The number of fused-ring (bicyclic) bond motifs is 1. The number of hydrogen-bond acceptors (Lipinski definition) is 3. The summed E-state index contributed by atoms with van der Waals surface area (Å²) >= 11 is 6.12. The number of rotatable bonds is 3. The van der Waals surface area contributed by atoms with Gasteiger partial charge in [0, 0.05) is 6.07 Å². The Morgan fingerprint density at radius 2 is 2.24 bits per heavy atom. The van der Waals surface area contributed by atoms with Crippen LogP contribution in [0.15, 0.2) is 12.1 Å². The first kappa shape index (κ1) is 14.7. The average Bonchev–Trinajstić information content (AvgIpc) is 2.79. The summed E-state index contributed by atoms with van der Waals surface area (Å²) in [5.74, 6) is -0.843. The largest absolute Gasteiger partial charge is 0.376 e. The van der Waals surface area contributed by atoms with Crippen LogP contribution in [0.1, 0.15) is 18.1 Å². The van der Waals surface area contributed by atoms with E-state index in [0.717, 1.165) is 6.07 Å². The highest BCUT2D eigenvalue weighted by molar-refractivity contribution is 6.20. The summed E-state index contributed by atoms with van der Waals surface area (Å²) in [6.45, 7) is 3.64. The Kier molecular flexibility index (Phi) is 4.10. The van der Waals surface area contributed by atoms with Gasteiger partial charge in [-0.1, -0.05) is 0 Å². The molecule has 0 saturated carbocycles. The fourth-order valence-electron chi connectivity index (χ4n) is 2.51. The SMILES string of the molecule is CC(Cl)c1nc2c(F)cc(F)cc2n1CC1COCCO1. The van der Waals surface area contributed by atoms with E-state index in [9.17, 15) is 8.78 Å². The molecule has 2 atom stereocenters. The number of aromatic nitrogens is 2. The fraction of sp³-hybridized carbons (Fsp3) is 0.500. The molecule has 114 valence electrons. The van der Waals surface area contributed by atoms with E-state index in [1.807, 2.05) is 0 Å². The molecule has 0 amide bonds. The van der Waals surface area contributed by atoms with Crippen LogP contribution >= 0.6 is 11.6 Å². The van der Waals surface area contributed by atoms with Crippen LogP contribution in [0.25, 0.3) is 11.0 Å². The minimum absolute atomic E-state index is 0.121. The molecule has 2 aromatic rings. The van der Waals surface area contributed by atoms with E-state index in [2.05, 4.69) is 4.98 Å². The zero-order valence-corrected chi connectivity index (χ0v) is 12.2. The van der Waals surface area contributed by atoms with Gasteiger partial charge < -0.3 is 14.0 Å². The van der Waals surface area contributed by atoms with Gasteiger partial charge in [0.2, 0.25) is 0 Å². The molecule has 21 heavy (non-hydrogen) atoms. The zero-order valence-electron chi connectivity index (χ0n) is 11.5. The molecule has 0 radical (unpaired) electrons. The molecule has 0 spiro atoms. The van der Waals surface area contributed by atoms with E-state index in [0.29, 0.717) is 37.7 Å². The first-order valence-corrected chi connectivity index (χ1v) is 7.18. The molecule has 1 fully saturated rings. The van der Waals surface area contributed by atoms with Gasteiger partial charge in [0.1, 0.15) is 17.2 Å². The molecular formula is C14H15ClF2N2O2. The number of ether oxygens (including phenoxy) is 2. The van der Waals surface area contributed by atoms with Crippen LogP contribution in [0.2, 0.25) is 0 Å². The molecule has 0 bridgehead atoms. The van der Waals surface area contributed by atoms with Crippen LogP contribution in [0.4, 0.5) is 8.78 Å².